The lowest BCUT2D eigenvalue weighted by molar-refractivity contribution is -0.122. The van der Waals surface area contributed by atoms with Crippen LogP contribution in [0.25, 0.3) is 0 Å². The first-order valence-electron chi connectivity index (χ1n) is 10.7. The quantitative estimate of drug-likeness (QED) is 0.713. The van der Waals surface area contributed by atoms with Gasteiger partial charge in [-0.25, -0.2) is 0 Å². The van der Waals surface area contributed by atoms with Crippen LogP contribution in [0.3, 0.4) is 0 Å². The molecular formula is C24H30N2O4S. The zero-order valence-corrected chi connectivity index (χ0v) is 19.2. The summed E-state index contributed by atoms with van der Waals surface area (Å²) in [7, 11) is 0. The Morgan fingerprint density at radius 1 is 1.06 bits per heavy atom. The minimum Gasteiger partial charge on any atom is -0.483 e. The number of carboxylic acid groups (broad SMARTS) is 1. The van der Waals surface area contributed by atoms with Gasteiger partial charge in [-0.1, -0.05) is 17.7 Å². The Balaban J connectivity index is 0.000000858. The number of fused-ring (bicyclic) bond motifs is 1. The molecule has 166 valence electrons. The Labute approximate surface area is 187 Å². The van der Waals surface area contributed by atoms with Crippen LogP contribution < -0.4 is 0 Å². The molecule has 1 aliphatic carbocycles. The highest BCUT2D eigenvalue weighted by molar-refractivity contribution is 7.10. The molecule has 1 aromatic carbocycles. The summed E-state index contributed by atoms with van der Waals surface area (Å²) in [4.78, 5) is 40.0. The van der Waals surface area contributed by atoms with Crippen LogP contribution in [0.1, 0.15) is 63.4 Å². The fourth-order valence-corrected chi connectivity index (χ4v) is 5.61. The summed E-state index contributed by atoms with van der Waals surface area (Å²) in [5, 5.41) is 8.94. The second-order valence-corrected chi connectivity index (χ2v) is 9.18. The Kier molecular flexibility index (Phi) is 7.49. The molecule has 1 fully saturated rings. The van der Waals surface area contributed by atoms with E-state index in [1.54, 1.807) is 11.3 Å². The minimum atomic E-state index is -0.250. The number of carbonyl (C=O) groups excluding carboxylic acids is 2. The molecule has 7 heteroatoms. The van der Waals surface area contributed by atoms with Crippen LogP contribution in [0, 0.1) is 6.92 Å². The van der Waals surface area contributed by atoms with E-state index in [1.807, 2.05) is 41.0 Å². The summed E-state index contributed by atoms with van der Waals surface area (Å²) in [6.45, 7) is 7.04. The van der Waals surface area contributed by atoms with Crippen molar-refractivity contribution in [3.05, 3.63) is 56.8 Å². The Morgan fingerprint density at radius 2 is 1.68 bits per heavy atom. The molecule has 4 rings (SSSR count). The first-order valence-corrected chi connectivity index (χ1v) is 11.6. The van der Waals surface area contributed by atoms with Crippen molar-refractivity contribution in [3.63, 3.8) is 0 Å². The van der Waals surface area contributed by atoms with Crippen molar-refractivity contribution in [2.45, 2.75) is 58.5 Å². The van der Waals surface area contributed by atoms with E-state index in [2.05, 4.69) is 19.2 Å². The maximum absolute atomic E-state index is 13.3. The van der Waals surface area contributed by atoms with E-state index in [4.69, 9.17) is 9.90 Å². The van der Waals surface area contributed by atoms with Gasteiger partial charge in [-0.3, -0.25) is 14.4 Å². The van der Waals surface area contributed by atoms with Gasteiger partial charge in [-0.15, -0.1) is 11.3 Å². The van der Waals surface area contributed by atoms with Gasteiger partial charge >= 0.3 is 0 Å². The van der Waals surface area contributed by atoms with Crippen molar-refractivity contribution in [2.75, 3.05) is 13.1 Å². The van der Waals surface area contributed by atoms with Gasteiger partial charge in [0.15, 0.2) is 0 Å². The molecule has 1 saturated heterocycles. The van der Waals surface area contributed by atoms with Crippen LogP contribution in [0.4, 0.5) is 0 Å². The normalized spacial score (nSPS) is 20.4. The SMILES string of the molecule is Cc1cccc(C(=O)N2CCN(C(=O)c3csc4c3CCCC4)[C@H](C)[C@H]2C)c1.O=CO. The smallest absolute Gasteiger partial charge is 0.290 e. The predicted molar refractivity (Wildman–Crippen MR) is 122 cm³/mol. The highest BCUT2D eigenvalue weighted by Gasteiger charge is 2.37. The van der Waals surface area contributed by atoms with Gasteiger partial charge in [0.25, 0.3) is 18.3 Å². The summed E-state index contributed by atoms with van der Waals surface area (Å²) in [5.41, 5.74) is 3.99. The fourth-order valence-electron chi connectivity index (χ4n) is 4.49. The van der Waals surface area contributed by atoms with Crippen molar-refractivity contribution < 1.29 is 19.5 Å². The predicted octanol–water partition coefficient (Wildman–Crippen LogP) is 4.01. The van der Waals surface area contributed by atoms with E-state index >= 15 is 0 Å². The number of carbonyl (C=O) groups is 3. The number of benzene rings is 1. The highest BCUT2D eigenvalue weighted by Crippen LogP contribution is 2.32. The lowest BCUT2D eigenvalue weighted by atomic mass is 9.94. The molecule has 2 heterocycles. The van der Waals surface area contributed by atoms with Gasteiger partial charge in [0, 0.05) is 41.0 Å². The molecule has 0 spiro atoms. The third-order valence-electron chi connectivity index (χ3n) is 6.34. The van der Waals surface area contributed by atoms with Crippen molar-refractivity contribution in [1.29, 1.82) is 0 Å². The molecule has 2 aromatic rings. The minimum absolute atomic E-state index is 0.00542. The number of aryl methyl sites for hydroxylation is 2. The van der Waals surface area contributed by atoms with E-state index in [0.29, 0.717) is 13.1 Å². The lowest BCUT2D eigenvalue weighted by Gasteiger charge is -2.45. The Hall–Kier alpha value is -2.67. The van der Waals surface area contributed by atoms with E-state index in [1.165, 1.54) is 23.3 Å². The summed E-state index contributed by atoms with van der Waals surface area (Å²) in [6.07, 6.45) is 4.54. The van der Waals surface area contributed by atoms with E-state index in [-0.39, 0.29) is 30.4 Å². The maximum atomic E-state index is 13.3. The molecule has 2 atom stereocenters. The monoisotopic (exact) mass is 442 g/mol. The Bertz CT molecular complexity index is 955. The van der Waals surface area contributed by atoms with E-state index < -0.39 is 0 Å². The van der Waals surface area contributed by atoms with Crippen LogP contribution in [0.5, 0.6) is 0 Å². The largest absolute Gasteiger partial charge is 0.483 e. The molecule has 2 aliphatic rings. The number of rotatable bonds is 2. The molecule has 6 nitrogen and oxygen atoms in total. The molecular weight excluding hydrogens is 412 g/mol. The lowest BCUT2D eigenvalue weighted by Crippen LogP contribution is -2.60. The standard InChI is InChI=1S/C23H28N2O2S.CH2O2/c1-15-7-6-8-18(13-15)22(26)24-11-12-25(17(3)16(24)2)23(27)20-14-28-21-10-5-4-9-19(20)21;2-1-3/h6-8,13-14,16-17H,4-5,9-12H2,1-3H3;1H,(H,2,3)/t16-,17-;/m1./s1. The van der Waals surface area contributed by atoms with Crippen molar-refractivity contribution in [3.8, 4) is 0 Å². The number of hydrogen-bond donors (Lipinski definition) is 1. The second-order valence-electron chi connectivity index (χ2n) is 8.21. The molecule has 1 N–H and O–H groups in total. The number of piperazine rings is 1. The summed E-state index contributed by atoms with van der Waals surface area (Å²) < 4.78 is 0. The molecule has 0 radical (unpaired) electrons. The zero-order valence-electron chi connectivity index (χ0n) is 18.3. The van der Waals surface area contributed by atoms with Crippen molar-refractivity contribution in [2.24, 2.45) is 0 Å². The molecule has 2 amide bonds. The topological polar surface area (TPSA) is 77.9 Å². The third-order valence-corrected chi connectivity index (χ3v) is 7.43. The molecule has 0 bridgehead atoms. The van der Waals surface area contributed by atoms with Crippen molar-refractivity contribution in [1.82, 2.24) is 9.80 Å². The van der Waals surface area contributed by atoms with Gasteiger partial charge in [0.1, 0.15) is 0 Å². The first-order chi connectivity index (χ1) is 14.9. The van der Waals surface area contributed by atoms with Crippen LogP contribution in [0.15, 0.2) is 29.6 Å². The molecule has 31 heavy (non-hydrogen) atoms. The molecule has 0 unspecified atom stereocenters. The van der Waals surface area contributed by atoms with Crippen molar-refractivity contribution >= 4 is 29.6 Å². The van der Waals surface area contributed by atoms with E-state index in [0.717, 1.165) is 29.5 Å². The van der Waals surface area contributed by atoms with Gasteiger partial charge in [-0.2, -0.15) is 0 Å². The average molecular weight is 443 g/mol. The van der Waals surface area contributed by atoms with Gasteiger partial charge < -0.3 is 14.9 Å². The molecule has 0 saturated carbocycles. The van der Waals surface area contributed by atoms with Crippen LogP contribution in [-0.4, -0.2) is 58.4 Å². The van der Waals surface area contributed by atoms with Crippen LogP contribution in [-0.2, 0) is 17.6 Å². The van der Waals surface area contributed by atoms with Gasteiger partial charge in [-0.05, 0) is 64.2 Å². The maximum Gasteiger partial charge on any atom is 0.290 e. The number of hydrogen-bond acceptors (Lipinski definition) is 4. The average Bonchev–Trinajstić information content (AvgIpc) is 3.19. The van der Waals surface area contributed by atoms with Gasteiger partial charge in [0.2, 0.25) is 0 Å². The van der Waals surface area contributed by atoms with Crippen LogP contribution >= 0.6 is 11.3 Å². The Morgan fingerprint density at radius 3 is 2.32 bits per heavy atom. The second kappa shape index (κ2) is 10.1. The zero-order chi connectivity index (χ0) is 22.5. The fraction of sp³-hybridized carbons (Fsp3) is 0.458. The summed E-state index contributed by atoms with van der Waals surface area (Å²) in [5.74, 6) is 0.199. The number of nitrogens with zero attached hydrogens (tertiary/aromatic N) is 2. The summed E-state index contributed by atoms with van der Waals surface area (Å²) >= 11 is 1.74. The first kappa shape index (κ1) is 23.0. The van der Waals surface area contributed by atoms with E-state index in [9.17, 15) is 9.59 Å². The van der Waals surface area contributed by atoms with Crippen LogP contribution in [0.2, 0.25) is 0 Å². The van der Waals surface area contributed by atoms with Gasteiger partial charge in [0.05, 0.1) is 5.56 Å². The third kappa shape index (κ3) is 4.82. The number of amides is 2. The summed E-state index contributed by atoms with van der Waals surface area (Å²) in [6, 6.07) is 7.72. The molecule has 1 aliphatic heterocycles. The highest BCUT2D eigenvalue weighted by atomic mass is 32.1. The number of thiophene rings is 1. The molecule has 1 aromatic heterocycles.